The summed E-state index contributed by atoms with van der Waals surface area (Å²) in [5.41, 5.74) is 7.56. The Morgan fingerprint density at radius 3 is 3.00 bits per heavy atom. The quantitative estimate of drug-likeness (QED) is 0.909. The molecule has 2 atom stereocenters. The summed E-state index contributed by atoms with van der Waals surface area (Å²) in [6.07, 6.45) is 2.20. The van der Waals surface area contributed by atoms with Crippen LogP contribution >= 0.6 is 27.5 Å². The predicted molar refractivity (Wildman–Crippen MR) is 82.6 cm³/mol. The molecule has 0 spiro atoms. The van der Waals surface area contributed by atoms with Crippen LogP contribution in [-0.4, -0.2) is 37.7 Å². The fourth-order valence-corrected chi connectivity index (χ4v) is 3.64. The molecular formula is C14H20BrClN2O. The fraction of sp³-hybridized carbons (Fsp3) is 0.571. The number of nitrogens with two attached hydrogens (primary N) is 1. The third-order valence-corrected chi connectivity index (χ3v) is 4.57. The third-order valence-electron chi connectivity index (χ3n) is 3.65. The first-order chi connectivity index (χ1) is 9.13. The summed E-state index contributed by atoms with van der Waals surface area (Å²) in [5.74, 6) is 0. The number of rotatable bonds is 4. The van der Waals surface area contributed by atoms with Crippen LogP contribution in [0.5, 0.6) is 0 Å². The molecule has 1 aliphatic rings. The Morgan fingerprint density at radius 2 is 2.32 bits per heavy atom. The van der Waals surface area contributed by atoms with Crippen molar-refractivity contribution in [3.63, 3.8) is 0 Å². The van der Waals surface area contributed by atoms with Crippen molar-refractivity contribution in [3.05, 3.63) is 33.3 Å². The van der Waals surface area contributed by atoms with E-state index in [0.29, 0.717) is 0 Å². The van der Waals surface area contributed by atoms with Gasteiger partial charge in [0.05, 0.1) is 12.6 Å². The van der Waals surface area contributed by atoms with E-state index in [1.807, 2.05) is 12.1 Å². The molecule has 1 aromatic carbocycles. The first-order valence-electron chi connectivity index (χ1n) is 6.57. The second-order valence-corrected chi connectivity index (χ2v) is 6.24. The zero-order valence-electron chi connectivity index (χ0n) is 11.1. The molecule has 0 aliphatic carbocycles. The third kappa shape index (κ3) is 3.70. The molecule has 2 unspecified atom stereocenters. The summed E-state index contributed by atoms with van der Waals surface area (Å²) in [7, 11) is 1.73. The predicted octanol–water partition coefficient (Wildman–Crippen LogP) is 3.21. The number of piperidine rings is 1. The van der Waals surface area contributed by atoms with Crippen LogP contribution in [-0.2, 0) is 4.74 Å². The number of nitrogens with zero attached hydrogens (tertiary/aromatic N) is 1. The number of hydrogen-bond acceptors (Lipinski definition) is 3. The molecule has 19 heavy (non-hydrogen) atoms. The molecule has 0 amide bonds. The molecule has 0 aromatic heterocycles. The topological polar surface area (TPSA) is 38.5 Å². The van der Waals surface area contributed by atoms with Crippen molar-refractivity contribution >= 4 is 27.5 Å². The van der Waals surface area contributed by atoms with E-state index >= 15 is 0 Å². The summed E-state index contributed by atoms with van der Waals surface area (Å²) in [4.78, 5) is 2.41. The highest BCUT2D eigenvalue weighted by Gasteiger charge is 2.31. The van der Waals surface area contributed by atoms with E-state index in [1.54, 1.807) is 7.11 Å². The minimum Gasteiger partial charge on any atom is -0.383 e. The van der Waals surface area contributed by atoms with Gasteiger partial charge in [-0.1, -0.05) is 33.6 Å². The first-order valence-corrected chi connectivity index (χ1v) is 7.74. The molecule has 106 valence electrons. The van der Waals surface area contributed by atoms with Crippen LogP contribution in [0.4, 0.5) is 0 Å². The normalized spacial score (nSPS) is 24.6. The molecule has 3 nitrogen and oxygen atoms in total. The molecule has 1 saturated heterocycles. The highest BCUT2D eigenvalue weighted by molar-refractivity contribution is 9.10. The van der Waals surface area contributed by atoms with E-state index in [1.165, 1.54) is 5.56 Å². The van der Waals surface area contributed by atoms with Crippen LogP contribution in [0.2, 0.25) is 5.02 Å². The second-order valence-electron chi connectivity index (χ2n) is 4.95. The first kappa shape index (κ1) is 15.3. The second kappa shape index (κ2) is 7.04. The van der Waals surface area contributed by atoms with Gasteiger partial charge in [0.2, 0.25) is 0 Å². The van der Waals surface area contributed by atoms with Gasteiger partial charge in [0.1, 0.15) is 0 Å². The zero-order chi connectivity index (χ0) is 13.8. The van der Waals surface area contributed by atoms with Crippen LogP contribution in [0.3, 0.4) is 0 Å². The maximum Gasteiger partial charge on any atom is 0.0589 e. The lowest BCUT2D eigenvalue weighted by molar-refractivity contribution is 0.0845. The summed E-state index contributed by atoms with van der Waals surface area (Å²) in [6.45, 7) is 2.70. The van der Waals surface area contributed by atoms with Crippen molar-refractivity contribution in [1.82, 2.24) is 4.90 Å². The van der Waals surface area contributed by atoms with Crippen LogP contribution in [0.15, 0.2) is 22.7 Å². The molecule has 1 fully saturated rings. The van der Waals surface area contributed by atoms with Gasteiger partial charge in [0.25, 0.3) is 0 Å². The van der Waals surface area contributed by atoms with E-state index in [4.69, 9.17) is 22.1 Å². The van der Waals surface area contributed by atoms with E-state index in [2.05, 4.69) is 26.9 Å². The highest BCUT2D eigenvalue weighted by Crippen LogP contribution is 2.35. The van der Waals surface area contributed by atoms with Gasteiger partial charge in [0, 0.05) is 29.2 Å². The lowest BCUT2D eigenvalue weighted by Gasteiger charge is -2.40. The number of hydrogen-bond donors (Lipinski definition) is 1. The van der Waals surface area contributed by atoms with Crippen LogP contribution < -0.4 is 5.73 Å². The number of benzene rings is 1. The Kier molecular flexibility index (Phi) is 5.66. The average Bonchev–Trinajstić information content (AvgIpc) is 2.37. The Bertz CT molecular complexity index is 430. The lowest BCUT2D eigenvalue weighted by Crippen LogP contribution is -2.47. The monoisotopic (exact) mass is 346 g/mol. The van der Waals surface area contributed by atoms with Crippen LogP contribution in [0.1, 0.15) is 24.4 Å². The van der Waals surface area contributed by atoms with Gasteiger partial charge in [-0.15, -0.1) is 0 Å². The highest BCUT2D eigenvalue weighted by atomic mass is 79.9. The Morgan fingerprint density at radius 1 is 1.53 bits per heavy atom. The van der Waals surface area contributed by atoms with Crippen molar-refractivity contribution < 1.29 is 4.74 Å². The molecular weight excluding hydrogens is 328 g/mol. The van der Waals surface area contributed by atoms with Gasteiger partial charge in [-0.2, -0.15) is 0 Å². The number of likely N-dealkylation sites (tertiary alicyclic amines) is 1. The largest absolute Gasteiger partial charge is 0.383 e. The lowest BCUT2D eigenvalue weighted by atomic mass is 9.91. The minimum absolute atomic E-state index is 0.156. The summed E-state index contributed by atoms with van der Waals surface area (Å²) in [6, 6.07) is 6.32. The fourth-order valence-electron chi connectivity index (χ4n) is 2.73. The standard InChI is InChI=1S/C14H20BrClN2O/c1-19-8-7-18-6-2-3-13(17)14(18)11-5-4-10(16)9-12(11)15/h4-5,9,13-14H,2-3,6-8,17H2,1H3. The van der Waals surface area contributed by atoms with Gasteiger partial charge >= 0.3 is 0 Å². The summed E-state index contributed by atoms with van der Waals surface area (Å²) >= 11 is 9.63. The van der Waals surface area contributed by atoms with Gasteiger partial charge in [-0.05, 0) is 37.1 Å². The van der Waals surface area contributed by atoms with E-state index in [-0.39, 0.29) is 12.1 Å². The van der Waals surface area contributed by atoms with Crippen molar-refractivity contribution in [2.75, 3.05) is 26.8 Å². The molecule has 0 saturated carbocycles. The Balaban J connectivity index is 2.25. The van der Waals surface area contributed by atoms with Crippen molar-refractivity contribution in [2.24, 2.45) is 5.73 Å². The molecule has 2 rings (SSSR count). The number of halogens is 2. The van der Waals surface area contributed by atoms with Gasteiger partial charge in [-0.25, -0.2) is 0 Å². The molecule has 1 heterocycles. The molecule has 0 radical (unpaired) electrons. The number of methoxy groups -OCH3 is 1. The summed E-state index contributed by atoms with van der Waals surface area (Å²) < 4.78 is 6.23. The van der Waals surface area contributed by atoms with E-state index < -0.39 is 0 Å². The average molecular weight is 348 g/mol. The van der Waals surface area contributed by atoms with Crippen molar-refractivity contribution in [2.45, 2.75) is 24.9 Å². The Hall–Kier alpha value is -0.130. The number of ether oxygens (including phenoxy) is 1. The van der Waals surface area contributed by atoms with Gasteiger partial charge in [0.15, 0.2) is 0 Å². The SMILES string of the molecule is COCCN1CCCC(N)C1c1ccc(Cl)cc1Br. The van der Waals surface area contributed by atoms with E-state index in [0.717, 1.165) is 42.0 Å². The molecule has 1 aromatic rings. The molecule has 2 N–H and O–H groups in total. The molecule has 0 bridgehead atoms. The van der Waals surface area contributed by atoms with Crippen molar-refractivity contribution in [1.29, 1.82) is 0 Å². The zero-order valence-corrected chi connectivity index (χ0v) is 13.5. The molecule has 5 heteroatoms. The summed E-state index contributed by atoms with van der Waals surface area (Å²) in [5, 5.41) is 0.739. The van der Waals surface area contributed by atoms with E-state index in [9.17, 15) is 0 Å². The maximum atomic E-state index is 6.34. The van der Waals surface area contributed by atoms with Crippen LogP contribution in [0.25, 0.3) is 0 Å². The van der Waals surface area contributed by atoms with Gasteiger partial charge in [-0.3, -0.25) is 4.90 Å². The van der Waals surface area contributed by atoms with Crippen molar-refractivity contribution in [3.8, 4) is 0 Å². The van der Waals surface area contributed by atoms with Crippen LogP contribution in [0, 0.1) is 0 Å². The smallest absolute Gasteiger partial charge is 0.0589 e. The maximum absolute atomic E-state index is 6.34. The Labute approximate surface area is 128 Å². The van der Waals surface area contributed by atoms with Gasteiger partial charge < -0.3 is 10.5 Å². The molecule has 1 aliphatic heterocycles. The minimum atomic E-state index is 0.156.